The van der Waals surface area contributed by atoms with Gasteiger partial charge in [0.25, 0.3) is 5.91 Å². The average molecular weight is 286 g/mol. The zero-order chi connectivity index (χ0) is 15.6. The Morgan fingerprint density at radius 1 is 1.29 bits per heavy atom. The lowest BCUT2D eigenvalue weighted by atomic mass is 10.1. The van der Waals surface area contributed by atoms with Crippen LogP contribution < -0.4 is 10.2 Å². The topological polar surface area (TPSA) is 50.2 Å². The third-order valence-electron chi connectivity index (χ3n) is 3.15. The van der Waals surface area contributed by atoms with Crippen LogP contribution in [0.1, 0.15) is 31.1 Å². The summed E-state index contributed by atoms with van der Waals surface area (Å²) in [5.74, 6) is -0.132. The Bertz CT molecular complexity index is 638. The maximum atomic E-state index is 12.3. The van der Waals surface area contributed by atoms with E-state index >= 15 is 0 Å². The van der Waals surface area contributed by atoms with Crippen molar-refractivity contribution < 1.29 is 4.79 Å². The Morgan fingerprint density at radius 2 is 2.00 bits per heavy atom. The highest BCUT2D eigenvalue weighted by atomic mass is 16.1. The van der Waals surface area contributed by atoms with Gasteiger partial charge in [0.2, 0.25) is 0 Å². The third kappa shape index (κ3) is 3.62. The van der Waals surface area contributed by atoms with Gasteiger partial charge in [-0.25, -0.2) is 0 Å². The average Bonchev–Trinajstić information content (AvgIpc) is 2.87. The Labute approximate surface area is 125 Å². The smallest absolute Gasteiger partial charge is 0.255 e. The Morgan fingerprint density at radius 3 is 2.57 bits per heavy atom. The summed E-state index contributed by atoms with van der Waals surface area (Å²) in [6.45, 7) is 6.18. The predicted octanol–water partition coefficient (Wildman–Crippen LogP) is 2.96. The van der Waals surface area contributed by atoms with Crippen LogP contribution in [0, 0.1) is 0 Å². The summed E-state index contributed by atoms with van der Waals surface area (Å²) >= 11 is 0. The van der Waals surface area contributed by atoms with Crippen molar-refractivity contribution in [3.05, 3.63) is 42.2 Å². The molecular formula is C16H22N4O. The van der Waals surface area contributed by atoms with Crippen LogP contribution in [0.25, 0.3) is 0 Å². The molecule has 1 aromatic heterocycles. The lowest BCUT2D eigenvalue weighted by Gasteiger charge is -2.18. The van der Waals surface area contributed by atoms with E-state index in [0.29, 0.717) is 11.3 Å². The molecule has 0 fully saturated rings. The number of amides is 1. The number of nitrogens with one attached hydrogen (secondary N) is 1. The quantitative estimate of drug-likeness (QED) is 0.943. The number of carbonyl (C=O) groups excluding carboxylic acids is 1. The van der Waals surface area contributed by atoms with Gasteiger partial charge in [0.05, 0.1) is 17.4 Å². The van der Waals surface area contributed by atoms with Crippen molar-refractivity contribution >= 4 is 17.3 Å². The highest BCUT2D eigenvalue weighted by Gasteiger charge is 2.15. The van der Waals surface area contributed by atoms with Gasteiger partial charge >= 0.3 is 0 Å². The first-order valence-electron chi connectivity index (χ1n) is 6.91. The van der Waals surface area contributed by atoms with Crippen molar-refractivity contribution in [2.24, 2.45) is 0 Å². The van der Waals surface area contributed by atoms with Crippen LogP contribution in [0.15, 0.2) is 36.7 Å². The summed E-state index contributed by atoms with van der Waals surface area (Å²) in [4.78, 5) is 14.2. The fourth-order valence-electron chi connectivity index (χ4n) is 1.88. The number of anilines is 2. The standard InChI is InChI=1S/C16H22N4O/c1-16(2,3)20-11-13(10-17-20)18-15(21)12-7-6-8-14(9-12)19(4)5/h6-11H,1-5H3,(H,18,21). The van der Waals surface area contributed by atoms with Gasteiger partial charge in [0.15, 0.2) is 0 Å². The van der Waals surface area contributed by atoms with Gasteiger partial charge in [0, 0.05) is 31.5 Å². The number of benzene rings is 1. The van der Waals surface area contributed by atoms with Gasteiger partial charge in [-0.05, 0) is 39.0 Å². The molecule has 0 aliphatic rings. The molecule has 0 atom stereocenters. The molecule has 1 N–H and O–H groups in total. The summed E-state index contributed by atoms with van der Waals surface area (Å²) in [5.41, 5.74) is 2.22. The zero-order valence-electron chi connectivity index (χ0n) is 13.2. The molecule has 0 saturated carbocycles. The molecule has 1 heterocycles. The fraction of sp³-hybridized carbons (Fsp3) is 0.375. The second kappa shape index (κ2) is 5.60. The van der Waals surface area contributed by atoms with E-state index in [9.17, 15) is 4.79 Å². The van der Waals surface area contributed by atoms with E-state index in [2.05, 4.69) is 31.2 Å². The second-order valence-electron chi connectivity index (χ2n) is 6.24. The predicted molar refractivity (Wildman–Crippen MR) is 85.9 cm³/mol. The van der Waals surface area contributed by atoms with Crippen LogP contribution in [0.5, 0.6) is 0 Å². The minimum absolute atomic E-state index is 0.103. The Hall–Kier alpha value is -2.30. The largest absolute Gasteiger partial charge is 0.378 e. The van der Waals surface area contributed by atoms with E-state index in [0.717, 1.165) is 5.69 Å². The second-order valence-corrected chi connectivity index (χ2v) is 6.24. The highest BCUT2D eigenvalue weighted by Crippen LogP contribution is 2.18. The number of nitrogens with zero attached hydrogens (tertiary/aromatic N) is 3. The van der Waals surface area contributed by atoms with Crippen molar-refractivity contribution in [2.75, 3.05) is 24.3 Å². The molecule has 0 saturated heterocycles. The lowest BCUT2D eigenvalue weighted by molar-refractivity contribution is 0.102. The summed E-state index contributed by atoms with van der Waals surface area (Å²) in [6.07, 6.45) is 3.51. The molecule has 2 aromatic rings. The highest BCUT2D eigenvalue weighted by molar-refractivity contribution is 6.04. The SMILES string of the molecule is CN(C)c1cccc(C(=O)Nc2cnn(C(C)(C)C)c2)c1. The van der Waals surface area contributed by atoms with Crippen LogP contribution in [0.3, 0.4) is 0 Å². The monoisotopic (exact) mass is 286 g/mol. The summed E-state index contributed by atoms with van der Waals surface area (Å²) in [5, 5.41) is 7.15. The van der Waals surface area contributed by atoms with Gasteiger partial charge in [-0.1, -0.05) is 6.07 Å². The van der Waals surface area contributed by atoms with Crippen LogP contribution >= 0.6 is 0 Å². The molecule has 0 aliphatic carbocycles. The molecule has 0 spiro atoms. The first kappa shape index (κ1) is 15.1. The summed E-state index contributed by atoms with van der Waals surface area (Å²) in [6, 6.07) is 7.51. The molecule has 0 aliphatic heterocycles. The van der Waals surface area contributed by atoms with E-state index in [-0.39, 0.29) is 11.4 Å². The van der Waals surface area contributed by atoms with Crippen molar-refractivity contribution in [2.45, 2.75) is 26.3 Å². The first-order valence-corrected chi connectivity index (χ1v) is 6.91. The van der Waals surface area contributed by atoms with Crippen molar-refractivity contribution in [1.29, 1.82) is 0 Å². The van der Waals surface area contributed by atoms with E-state index in [1.165, 1.54) is 0 Å². The van der Waals surface area contributed by atoms with Gasteiger partial charge in [0.1, 0.15) is 0 Å². The number of hydrogen-bond donors (Lipinski definition) is 1. The molecule has 5 heteroatoms. The molecule has 112 valence electrons. The maximum absolute atomic E-state index is 12.3. The summed E-state index contributed by atoms with van der Waals surface area (Å²) < 4.78 is 1.83. The molecule has 0 bridgehead atoms. The molecule has 1 amide bonds. The van der Waals surface area contributed by atoms with Crippen LogP contribution in [-0.4, -0.2) is 29.8 Å². The van der Waals surface area contributed by atoms with E-state index < -0.39 is 0 Å². The third-order valence-corrected chi connectivity index (χ3v) is 3.15. The number of carbonyl (C=O) groups is 1. The lowest BCUT2D eigenvalue weighted by Crippen LogP contribution is -2.22. The van der Waals surface area contributed by atoms with Gasteiger partial charge in [-0.2, -0.15) is 5.10 Å². The van der Waals surface area contributed by atoms with E-state index in [1.54, 1.807) is 12.3 Å². The molecule has 1 aromatic carbocycles. The van der Waals surface area contributed by atoms with Gasteiger partial charge in [-0.3, -0.25) is 9.48 Å². The Balaban J connectivity index is 2.15. The van der Waals surface area contributed by atoms with E-state index in [4.69, 9.17) is 0 Å². The van der Waals surface area contributed by atoms with Crippen molar-refractivity contribution in [1.82, 2.24) is 9.78 Å². The van der Waals surface area contributed by atoms with Crippen LogP contribution in [0.4, 0.5) is 11.4 Å². The molecule has 21 heavy (non-hydrogen) atoms. The molecule has 0 radical (unpaired) electrons. The fourth-order valence-corrected chi connectivity index (χ4v) is 1.88. The zero-order valence-corrected chi connectivity index (χ0v) is 13.2. The first-order chi connectivity index (χ1) is 9.77. The van der Waals surface area contributed by atoms with E-state index in [1.807, 2.05) is 48.1 Å². The minimum Gasteiger partial charge on any atom is -0.378 e. The number of aromatic nitrogens is 2. The van der Waals surface area contributed by atoms with Crippen LogP contribution in [0.2, 0.25) is 0 Å². The molecular weight excluding hydrogens is 264 g/mol. The van der Waals surface area contributed by atoms with Crippen molar-refractivity contribution in [3.8, 4) is 0 Å². The molecule has 0 unspecified atom stereocenters. The molecule has 2 rings (SSSR count). The normalized spacial score (nSPS) is 11.3. The summed E-state index contributed by atoms with van der Waals surface area (Å²) in [7, 11) is 3.90. The Kier molecular flexibility index (Phi) is 4.02. The van der Waals surface area contributed by atoms with Gasteiger partial charge < -0.3 is 10.2 Å². The maximum Gasteiger partial charge on any atom is 0.255 e. The van der Waals surface area contributed by atoms with Crippen molar-refractivity contribution in [3.63, 3.8) is 0 Å². The van der Waals surface area contributed by atoms with Crippen LogP contribution in [-0.2, 0) is 5.54 Å². The van der Waals surface area contributed by atoms with Gasteiger partial charge in [-0.15, -0.1) is 0 Å². The molecule has 5 nitrogen and oxygen atoms in total. The number of hydrogen-bond acceptors (Lipinski definition) is 3. The minimum atomic E-state index is -0.132. The number of rotatable bonds is 3.